The molecule has 1 aromatic carbocycles. The summed E-state index contributed by atoms with van der Waals surface area (Å²) in [5.74, 6) is 0.360. The van der Waals surface area contributed by atoms with Gasteiger partial charge in [-0.15, -0.1) is 11.3 Å². The molecule has 0 radical (unpaired) electrons. The van der Waals surface area contributed by atoms with Crippen LogP contribution in [0.15, 0.2) is 56.9 Å². The standard InChI is InChI=1S/C18H14BrN3O3S/c1-18(12-5-2-3-6-13(12)19)16(23)22(17(24)21-18)9-11-10-26-15(20-11)14-7-4-8-25-14/h2-8,10H,9H2,1H3,(H,21,24). The summed E-state index contributed by atoms with van der Waals surface area (Å²) in [6.45, 7) is 1.82. The molecule has 1 aliphatic rings. The lowest BCUT2D eigenvalue weighted by molar-refractivity contribution is -0.131. The van der Waals surface area contributed by atoms with Crippen LogP contribution in [0, 0.1) is 0 Å². The minimum absolute atomic E-state index is 0.113. The fourth-order valence-corrected chi connectivity index (χ4v) is 4.40. The van der Waals surface area contributed by atoms with Crippen LogP contribution in [0.1, 0.15) is 18.2 Å². The molecule has 3 heterocycles. The largest absolute Gasteiger partial charge is 0.462 e. The third-order valence-corrected chi connectivity index (χ3v) is 5.89. The fourth-order valence-electron chi connectivity index (χ4n) is 2.94. The highest BCUT2D eigenvalue weighted by molar-refractivity contribution is 9.10. The molecule has 4 rings (SSSR count). The van der Waals surface area contributed by atoms with Gasteiger partial charge in [-0.2, -0.15) is 0 Å². The Labute approximate surface area is 162 Å². The Morgan fingerprint density at radius 2 is 2.08 bits per heavy atom. The zero-order valence-electron chi connectivity index (χ0n) is 13.7. The Balaban J connectivity index is 1.60. The van der Waals surface area contributed by atoms with Gasteiger partial charge in [-0.25, -0.2) is 9.78 Å². The number of urea groups is 1. The highest BCUT2D eigenvalue weighted by atomic mass is 79.9. The van der Waals surface area contributed by atoms with Gasteiger partial charge < -0.3 is 9.73 Å². The third-order valence-electron chi connectivity index (χ3n) is 4.29. The van der Waals surface area contributed by atoms with E-state index in [-0.39, 0.29) is 12.5 Å². The number of thiazole rings is 1. The number of hydrogen-bond acceptors (Lipinski definition) is 5. The van der Waals surface area contributed by atoms with E-state index in [0.717, 1.165) is 10.0 Å². The van der Waals surface area contributed by atoms with Gasteiger partial charge in [-0.1, -0.05) is 34.1 Å². The number of benzene rings is 1. The summed E-state index contributed by atoms with van der Waals surface area (Å²) in [5.41, 5.74) is 0.244. The van der Waals surface area contributed by atoms with E-state index in [2.05, 4.69) is 26.2 Å². The lowest BCUT2D eigenvalue weighted by Gasteiger charge is -2.23. The molecule has 132 valence electrons. The van der Waals surface area contributed by atoms with Crippen molar-refractivity contribution in [1.82, 2.24) is 15.2 Å². The maximum absolute atomic E-state index is 13.0. The maximum Gasteiger partial charge on any atom is 0.325 e. The molecule has 3 amide bonds. The van der Waals surface area contributed by atoms with Crippen molar-refractivity contribution in [3.63, 3.8) is 0 Å². The second kappa shape index (κ2) is 6.37. The monoisotopic (exact) mass is 431 g/mol. The Bertz CT molecular complexity index is 985. The predicted octanol–water partition coefficient (Wildman–Crippen LogP) is 4.13. The number of rotatable bonds is 4. The molecule has 2 aromatic heterocycles. The molecule has 8 heteroatoms. The molecule has 0 spiro atoms. The van der Waals surface area contributed by atoms with Gasteiger partial charge in [0.2, 0.25) is 0 Å². The number of halogens is 1. The van der Waals surface area contributed by atoms with Crippen molar-refractivity contribution in [2.75, 3.05) is 0 Å². The quantitative estimate of drug-likeness (QED) is 0.629. The third kappa shape index (κ3) is 2.75. The van der Waals surface area contributed by atoms with Gasteiger partial charge in [0.1, 0.15) is 5.54 Å². The number of hydrogen-bond donors (Lipinski definition) is 1. The van der Waals surface area contributed by atoms with Gasteiger partial charge in [-0.05, 0) is 25.1 Å². The van der Waals surface area contributed by atoms with Crippen molar-refractivity contribution in [3.05, 3.63) is 63.8 Å². The summed E-state index contributed by atoms with van der Waals surface area (Å²) in [7, 11) is 0. The van der Waals surface area contributed by atoms with E-state index in [1.807, 2.05) is 35.7 Å². The van der Waals surface area contributed by atoms with Gasteiger partial charge >= 0.3 is 6.03 Å². The van der Waals surface area contributed by atoms with Crippen LogP contribution in [-0.2, 0) is 16.9 Å². The highest BCUT2D eigenvalue weighted by Gasteiger charge is 2.49. The number of nitrogens with zero attached hydrogens (tertiary/aromatic N) is 2. The molecule has 0 saturated carbocycles. The van der Waals surface area contributed by atoms with Crippen molar-refractivity contribution in [2.24, 2.45) is 0 Å². The van der Waals surface area contributed by atoms with Crippen molar-refractivity contribution >= 4 is 39.2 Å². The van der Waals surface area contributed by atoms with E-state index in [9.17, 15) is 9.59 Å². The number of imide groups is 1. The molecule has 26 heavy (non-hydrogen) atoms. The molecule has 6 nitrogen and oxygen atoms in total. The molecule has 0 bridgehead atoms. The van der Waals surface area contributed by atoms with Gasteiger partial charge in [0.15, 0.2) is 10.8 Å². The first-order chi connectivity index (χ1) is 12.5. The van der Waals surface area contributed by atoms with Crippen molar-refractivity contribution < 1.29 is 14.0 Å². The summed E-state index contributed by atoms with van der Waals surface area (Å²) in [6, 6.07) is 10.5. The SMILES string of the molecule is CC1(c2ccccc2Br)NC(=O)N(Cc2csc(-c3ccco3)n2)C1=O. The van der Waals surface area contributed by atoms with Crippen LogP contribution in [0.4, 0.5) is 4.79 Å². The molecule has 1 atom stereocenters. The van der Waals surface area contributed by atoms with E-state index in [1.165, 1.54) is 16.2 Å². The molecule has 1 saturated heterocycles. The first-order valence-corrected chi connectivity index (χ1v) is 9.54. The van der Waals surface area contributed by atoms with E-state index in [4.69, 9.17) is 4.42 Å². The number of furan rings is 1. The Kier molecular flexibility index (Phi) is 4.16. The first kappa shape index (κ1) is 17.0. The number of carbonyl (C=O) groups is 2. The second-order valence-corrected chi connectivity index (χ2v) is 7.76. The van der Waals surface area contributed by atoms with E-state index < -0.39 is 11.6 Å². The summed E-state index contributed by atoms with van der Waals surface area (Å²) >= 11 is 4.87. The molecule has 1 fully saturated rings. The number of amides is 3. The smallest absolute Gasteiger partial charge is 0.325 e. The van der Waals surface area contributed by atoms with Crippen LogP contribution >= 0.6 is 27.3 Å². The molecule has 0 aliphatic carbocycles. The number of carbonyl (C=O) groups excluding carboxylic acids is 2. The first-order valence-electron chi connectivity index (χ1n) is 7.86. The van der Waals surface area contributed by atoms with Crippen LogP contribution < -0.4 is 5.32 Å². The zero-order valence-corrected chi connectivity index (χ0v) is 16.1. The van der Waals surface area contributed by atoms with E-state index >= 15 is 0 Å². The van der Waals surface area contributed by atoms with Crippen LogP contribution in [-0.4, -0.2) is 21.8 Å². The van der Waals surface area contributed by atoms with Crippen LogP contribution in [0.3, 0.4) is 0 Å². The number of nitrogens with one attached hydrogen (secondary N) is 1. The van der Waals surface area contributed by atoms with E-state index in [1.54, 1.807) is 19.3 Å². The van der Waals surface area contributed by atoms with Crippen molar-refractivity contribution in [1.29, 1.82) is 0 Å². The predicted molar refractivity (Wildman–Crippen MR) is 100 cm³/mol. The van der Waals surface area contributed by atoms with Gasteiger partial charge in [0.05, 0.1) is 18.5 Å². The Hall–Kier alpha value is -2.45. The van der Waals surface area contributed by atoms with Crippen LogP contribution in [0.25, 0.3) is 10.8 Å². The van der Waals surface area contributed by atoms with Gasteiger partial charge in [-0.3, -0.25) is 9.69 Å². The normalized spacial score (nSPS) is 19.8. The summed E-state index contributed by atoms with van der Waals surface area (Å²) in [5, 5.41) is 5.35. The van der Waals surface area contributed by atoms with Crippen molar-refractivity contribution in [2.45, 2.75) is 19.0 Å². The molecule has 3 aromatic rings. The number of aromatic nitrogens is 1. The topological polar surface area (TPSA) is 75.4 Å². The fraction of sp³-hybridized carbons (Fsp3) is 0.167. The maximum atomic E-state index is 13.0. The summed E-state index contributed by atoms with van der Waals surface area (Å²) in [6.07, 6.45) is 1.58. The van der Waals surface area contributed by atoms with Crippen LogP contribution in [0.5, 0.6) is 0 Å². The molecule has 1 N–H and O–H groups in total. The molecular formula is C18H14BrN3O3S. The minimum Gasteiger partial charge on any atom is -0.462 e. The van der Waals surface area contributed by atoms with Gasteiger partial charge in [0.25, 0.3) is 5.91 Å². The van der Waals surface area contributed by atoms with Gasteiger partial charge in [0, 0.05) is 15.4 Å². The van der Waals surface area contributed by atoms with Crippen molar-refractivity contribution in [3.8, 4) is 10.8 Å². The lowest BCUT2D eigenvalue weighted by atomic mass is 9.92. The minimum atomic E-state index is -1.11. The Morgan fingerprint density at radius 3 is 2.81 bits per heavy atom. The molecule has 1 unspecified atom stereocenters. The average Bonchev–Trinajstić information content (AvgIpc) is 3.33. The highest BCUT2D eigenvalue weighted by Crippen LogP contribution is 2.34. The second-order valence-electron chi connectivity index (χ2n) is 6.05. The average molecular weight is 432 g/mol. The van der Waals surface area contributed by atoms with Crippen LogP contribution in [0.2, 0.25) is 0 Å². The van der Waals surface area contributed by atoms with E-state index in [0.29, 0.717) is 16.5 Å². The lowest BCUT2D eigenvalue weighted by Crippen LogP contribution is -2.41. The molecular weight excluding hydrogens is 418 g/mol. The summed E-state index contributed by atoms with van der Waals surface area (Å²) in [4.78, 5) is 31.1. The molecule has 1 aliphatic heterocycles. The Morgan fingerprint density at radius 1 is 1.27 bits per heavy atom. The summed E-state index contributed by atoms with van der Waals surface area (Å²) < 4.78 is 6.10. The zero-order chi connectivity index (χ0) is 18.3.